The molecule has 2 rings (SSSR count). The number of carbonyl (C=O) groups is 2. The lowest BCUT2D eigenvalue weighted by molar-refractivity contribution is -0.124. The molecule has 0 spiro atoms. The summed E-state index contributed by atoms with van der Waals surface area (Å²) in [7, 11) is 5.19. The van der Waals surface area contributed by atoms with Gasteiger partial charge in [-0.2, -0.15) is 0 Å². The Kier molecular flexibility index (Phi) is 7.07. The zero-order valence-electron chi connectivity index (χ0n) is 15.3. The molecule has 0 unspecified atom stereocenters. The number of urea groups is 1. The van der Waals surface area contributed by atoms with E-state index >= 15 is 0 Å². The van der Waals surface area contributed by atoms with Gasteiger partial charge >= 0.3 is 6.03 Å². The van der Waals surface area contributed by atoms with Crippen LogP contribution in [-0.4, -0.2) is 81.7 Å². The van der Waals surface area contributed by atoms with E-state index < -0.39 is 0 Å². The van der Waals surface area contributed by atoms with Crippen LogP contribution in [-0.2, 0) is 4.79 Å². The lowest BCUT2D eigenvalue weighted by Crippen LogP contribution is -2.44. The first-order valence-electron chi connectivity index (χ1n) is 8.32. The Bertz CT molecular complexity index is 631. The maximum atomic E-state index is 11.5. The second kappa shape index (κ2) is 9.50. The van der Waals surface area contributed by atoms with Crippen molar-refractivity contribution in [3.63, 3.8) is 0 Å². The minimum atomic E-state index is -0.354. The van der Waals surface area contributed by atoms with Gasteiger partial charge in [-0.05, 0) is 24.3 Å². The van der Waals surface area contributed by atoms with Gasteiger partial charge in [0.1, 0.15) is 18.1 Å². The normalized spacial score (nSPS) is 14.3. The van der Waals surface area contributed by atoms with Crippen molar-refractivity contribution in [2.75, 3.05) is 54.0 Å². The Morgan fingerprint density at radius 2 is 2.00 bits per heavy atom. The van der Waals surface area contributed by atoms with Crippen LogP contribution in [0.15, 0.2) is 29.3 Å². The molecular formula is C17H25N5O4. The second-order valence-corrected chi connectivity index (χ2v) is 5.62. The molecule has 1 aliphatic heterocycles. The van der Waals surface area contributed by atoms with Gasteiger partial charge in [0, 0.05) is 27.2 Å². The third-order valence-corrected chi connectivity index (χ3v) is 3.88. The van der Waals surface area contributed by atoms with E-state index in [1.54, 1.807) is 14.2 Å². The summed E-state index contributed by atoms with van der Waals surface area (Å²) in [5.41, 5.74) is 0. The van der Waals surface area contributed by atoms with E-state index in [1.165, 1.54) is 4.90 Å². The monoisotopic (exact) mass is 363 g/mol. The summed E-state index contributed by atoms with van der Waals surface area (Å²) in [5, 5.41) is 5.62. The number of hydrogen-bond donors (Lipinski definition) is 2. The van der Waals surface area contributed by atoms with Crippen LogP contribution < -0.4 is 20.1 Å². The van der Waals surface area contributed by atoms with Crippen molar-refractivity contribution < 1.29 is 19.1 Å². The number of ether oxygens (including phenoxy) is 2. The summed E-state index contributed by atoms with van der Waals surface area (Å²) < 4.78 is 10.8. The van der Waals surface area contributed by atoms with Crippen molar-refractivity contribution in [2.24, 2.45) is 4.99 Å². The highest BCUT2D eigenvalue weighted by Crippen LogP contribution is 2.16. The Hall–Kier alpha value is -2.97. The lowest BCUT2D eigenvalue weighted by atomic mass is 10.3. The van der Waals surface area contributed by atoms with Gasteiger partial charge in [-0.15, -0.1) is 0 Å². The molecule has 1 saturated heterocycles. The number of aliphatic imine (C=N–C) groups is 1. The molecule has 0 saturated carbocycles. The fraction of sp³-hybridized carbons (Fsp3) is 0.471. The smallest absolute Gasteiger partial charge is 0.324 e. The topological polar surface area (TPSA) is 95.5 Å². The molecule has 0 radical (unpaired) electrons. The number of nitrogens with one attached hydrogen (secondary N) is 2. The van der Waals surface area contributed by atoms with Gasteiger partial charge in [0.2, 0.25) is 5.91 Å². The average Bonchev–Trinajstić information content (AvgIpc) is 2.97. The van der Waals surface area contributed by atoms with E-state index in [2.05, 4.69) is 15.6 Å². The lowest BCUT2D eigenvalue weighted by Gasteiger charge is -2.23. The number of rotatable bonds is 8. The molecule has 1 aromatic carbocycles. The number of hydrogen-bond acceptors (Lipinski definition) is 5. The van der Waals surface area contributed by atoms with Crippen molar-refractivity contribution in [2.45, 2.75) is 0 Å². The van der Waals surface area contributed by atoms with E-state index in [4.69, 9.17) is 9.47 Å². The zero-order chi connectivity index (χ0) is 18.9. The van der Waals surface area contributed by atoms with E-state index in [0.29, 0.717) is 32.2 Å². The first-order chi connectivity index (χ1) is 12.5. The first kappa shape index (κ1) is 19.4. The molecule has 0 bridgehead atoms. The van der Waals surface area contributed by atoms with Crippen LogP contribution in [0, 0.1) is 0 Å². The standard InChI is InChI=1S/C17H25N5O4/c1-18-16(19-8-9-22-15(23)12-20-17(22)24)21(2)10-11-26-14-6-4-13(25-3)5-7-14/h4-7H,8-12H2,1-3H3,(H,18,19)(H,20,24). The minimum Gasteiger partial charge on any atom is -0.497 e. The molecule has 1 fully saturated rings. The molecule has 3 amide bonds. The highest BCUT2D eigenvalue weighted by molar-refractivity contribution is 6.01. The third kappa shape index (κ3) is 5.27. The highest BCUT2D eigenvalue weighted by atomic mass is 16.5. The second-order valence-electron chi connectivity index (χ2n) is 5.62. The van der Waals surface area contributed by atoms with Gasteiger partial charge in [0.15, 0.2) is 5.96 Å². The van der Waals surface area contributed by atoms with Gasteiger partial charge in [-0.25, -0.2) is 4.79 Å². The molecular weight excluding hydrogens is 338 g/mol. The number of imide groups is 1. The van der Waals surface area contributed by atoms with Gasteiger partial charge in [0.25, 0.3) is 0 Å². The Labute approximate surface area is 153 Å². The molecule has 0 aromatic heterocycles. The molecule has 0 aliphatic carbocycles. The van der Waals surface area contributed by atoms with Crippen LogP contribution in [0.4, 0.5) is 4.79 Å². The highest BCUT2D eigenvalue weighted by Gasteiger charge is 2.27. The number of carbonyl (C=O) groups excluding carboxylic acids is 2. The molecule has 2 N–H and O–H groups in total. The van der Waals surface area contributed by atoms with Crippen LogP contribution in [0.2, 0.25) is 0 Å². The van der Waals surface area contributed by atoms with Crippen LogP contribution in [0.1, 0.15) is 0 Å². The zero-order valence-corrected chi connectivity index (χ0v) is 15.3. The number of amides is 3. The molecule has 26 heavy (non-hydrogen) atoms. The summed E-state index contributed by atoms with van der Waals surface area (Å²) in [6, 6.07) is 7.03. The largest absolute Gasteiger partial charge is 0.497 e. The molecule has 1 aromatic rings. The van der Waals surface area contributed by atoms with E-state index in [0.717, 1.165) is 11.5 Å². The summed E-state index contributed by atoms with van der Waals surface area (Å²) in [5.74, 6) is 1.99. The predicted octanol–water partition coefficient (Wildman–Crippen LogP) is 0.133. The van der Waals surface area contributed by atoms with Crippen molar-refractivity contribution in [3.8, 4) is 11.5 Å². The summed E-state index contributed by atoms with van der Waals surface area (Å²) >= 11 is 0. The van der Waals surface area contributed by atoms with E-state index in [-0.39, 0.29) is 18.5 Å². The van der Waals surface area contributed by atoms with Crippen LogP contribution in [0.3, 0.4) is 0 Å². The maximum absolute atomic E-state index is 11.5. The van der Waals surface area contributed by atoms with Gasteiger partial charge in [0.05, 0.1) is 20.2 Å². The van der Waals surface area contributed by atoms with Crippen LogP contribution in [0.5, 0.6) is 11.5 Å². The van der Waals surface area contributed by atoms with Crippen molar-refractivity contribution >= 4 is 17.9 Å². The Morgan fingerprint density at radius 3 is 2.58 bits per heavy atom. The van der Waals surface area contributed by atoms with Gasteiger partial charge < -0.3 is 25.0 Å². The molecule has 1 aliphatic rings. The molecule has 9 nitrogen and oxygen atoms in total. The van der Waals surface area contributed by atoms with Gasteiger partial charge in [-0.1, -0.05) is 0 Å². The quantitative estimate of drug-likeness (QED) is 0.387. The summed E-state index contributed by atoms with van der Waals surface area (Å²) in [6.07, 6.45) is 0. The number of nitrogens with zero attached hydrogens (tertiary/aromatic N) is 3. The molecule has 142 valence electrons. The fourth-order valence-electron chi connectivity index (χ4n) is 2.42. The summed E-state index contributed by atoms with van der Waals surface area (Å²) in [4.78, 5) is 30.3. The molecule has 1 heterocycles. The van der Waals surface area contributed by atoms with Crippen LogP contribution >= 0.6 is 0 Å². The number of methoxy groups -OCH3 is 1. The molecule has 0 atom stereocenters. The number of guanidine groups is 1. The first-order valence-corrected chi connectivity index (χ1v) is 8.32. The fourth-order valence-corrected chi connectivity index (χ4v) is 2.42. The SMILES string of the molecule is CN=C(NCCN1C(=O)CNC1=O)N(C)CCOc1ccc(OC)cc1. The molecule has 9 heteroatoms. The van der Waals surface area contributed by atoms with Crippen LogP contribution in [0.25, 0.3) is 0 Å². The van der Waals surface area contributed by atoms with E-state index in [1.807, 2.05) is 36.2 Å². The number of benzene rings is 1. The van der Waals surface area contributed by atoms with Crippen molar-refractivity contribution in [3.05, 3.63) is 24.3 Å². The van der Waals surface area contributed by atoms with E-state index in [9.17, 15) is 9.59 Å². The minimum absolute atomic E-state index is 0.0656. The number of likely N-dealkylation sites (N-methyl/N-ethyl adjacent to an activating group) is 1. The van der Waals surface area contributed by atoms with Gasteiger partial charge in [-0.3, -0.25) is 14.7 Å². The summed E-state index contributed by atoms with van der Waals surface area (Å²) in [6.45, 7) is 1.89. The predicted molar refractivity (Wildman–Crippen MR) is 97.6 cm³/mol. The van der Waals surface area contributed by atoms with Crippen molar-refractivity contribution in [1.29, 1.82) is 0 Å². The average molecular weight is 363 g/mol. The maximum Gasteiger partial charge on any atom is 0.324 e. The third-order valence-electron chi connectivity index (χ3n) is 3.88. The Balaban J connectivity index is 1.71. The van der Waals surface area contributed by atoms with Crippen molar-refractivity contribution in [1.82, 2.24) is 20.4 Å². The Morgan fingerprint density at radius 1 is 1.31 bits per heavy atom.